The lowest BCUT2D eigenvalue weighted by Gasteiger charge is -2.16. The Bertz CT molecular complexity index is 368. The van der Waals surface area contributed by atoms with Crippen LogP contribution in [0.2, 0.25) is 5.02 Å². The second-order valence-corrected chi connectivity index (χ2v) is 4.42. The first-order valence-corrected chi connectivity index (χ1v) is 5.66. The summed E-state index contributed by atoms with van der Waals surface area (Å²) >= 11 is 5.90. The number of nitrogens with one attached hydrogen (secondary N) is 1. The van der Waals surface area contributed by atoms with Crippen molar-refractivity contribution in [3.05, 3.63) is 34.9 Å². The lowest BCUT2D eigenvalue weighted by atomic mass is 10.1. The van der Waals surface area contributed by atoms with Crippen LogP contribution in [-0.2, 0) is 4.79 Å². The number of benzene rings is 1. The van der Waals surface area contributed by atoms with Gasteiger partial charge in [0.05, 0.1) is 0 Å². The van der Waals surface area contributed by atoms with E-state index < -0.39 is 0 Å². The average Bonchev–Trinajstić information content (AvgIpc) is 2.25. The molecule has 0 saturated carbocycles. The van der Waals surface area contributed by atoms with E-state index in [2.05, 4.69) is 5.32 Å². The average molecular weight is 241 g/mol. The topological polar surface area (TPSA) is 55.1 Å². The van der Waals surface area contributed by atoms with Gasteiger partial charge in [0, 0.05) is 23.5 Å². The van der Waals surface area contributed by atoms with Crippen LogP contribution in [-0.4, -0.2) is 12.5 Å². The molecule has 0 aliphatic rings. The van der Waals surface area contributed by atoms with Gasteiger partial charge >= 0.3 is 0 Å². The van der Waals surface area contributed by atoms with Crippen molar-refractivity contribution in [2.45, 2.75) is 19.9 Å². The van der Waals surface area contributed by atoms with Crippen molar-refractivity contribution in [2.24, 2.45) is 11.7 Å². The van der Waals surface area contributed by atoms with Crippen molar-refractivity contribution >= 4 is 17.5 Å². The van der Waals surface area contributed by atoms with Crippen LogP contribution < -0.4 is 11.1 Å². The molecule has 0 aliphatic carbocycles. The Kier molecular flexibility index (Phi) is 4.77. The third kappa shape index (κ3) is 3.83. The summed E-state index contributed by atoms with van der Waals surface area (Å²) in [5, 5.41) is 3.96. The zero-order valence-electron chi connectivity index (χ0n) is 9.53. The van der Waals surface area contributed by atoms with E-state index in [0.29, 0.717) is 11.6 Å². The van der Waals surface area contributed by atoms with E-state index in [1.54, 1.807) is 6.92 Å². The maximum absolute atomic E-state index is 10.9. The summed E-state index contributed by atoms with van der Waals surface area (Å²) in [6, 6.07) is 7.81. The summed E-state index contributed by atoms with van der Waals surface area (Å²) in [5.41, 5.74) is 6.29. The molecule has 0 heterocycles. The normalized spacial score (nSPS) is 14.4. The molecule has 3 N–H and O–H groups in total. The van der Waals surface area contributed by atoms with Gasteiger partial charge in [-0.2, -0.15) is 0 Å². The third-order valence-corrected chi connectivity index (χ3v) is 2.80. The molecule has 0 saturated heterocycles. The number of hydrogen-bond acceptors (Lipinski definition) is 2. The number of hydrogen-bond donors (Lipinski definition) is 2. The van der Waals surface area contributed by atoms with Gasteiger partial charge in [-0.1, -0.05) is 30.7 Å². The minimum Gasteiger partial charge on any atom is -0.369 e. The molecule has 1 rings (SSSR count). The van der Waals surface area contributed by atoms with Crippen LogP contribution in [0.3, 0.4) is 0 Å². The molecule has 0 bridgehead atoms. The van der Waals surface area contributed by atoms with Gasteiger partial charge in [0.1, 0.15) is 0 Å². The van der Waals surface area contributed by atoms with Gasteiger partial charge in [0.25, 0.3) is 0 Å². The number of carbonyl (C=O) groups is 1. The van der Waals surface area contributed by atoms with Crippen molar-refractivity contribution in [2.75, 3.05) is 6.54 Å². The molecule has 0 spiro atoms. The molecule has 0 radical (unpaired) electrons. The molecule has 0 fully saturated rings. The molecule has 0 aliphatic heterocycles. The first-order valence-electron chi connectivity index (χ1n) is 5.29. The number of primary amides is 1. The van der Waals surface area contributed by atoms with Gasteiger partial charge in [-0.3, -0.25) is 4.79 Å². The summed E-state index contributed by atoms with van der Waals surface area (Å²) in [6.45, 7) is 4.41. The monoisotopic (exact) mass is 240 g/mol. The highest BCUT2D eigenvalue weighted by Crippen LogP contribution is 2.17. The standard InChI is InChI=1S/C12H17ClN2O/c1-8(12(14)16)7-15-9(2)10-4-3-5-11(13)6-10/h3-6,8-9,15H,7H2,1-2H3,(H2,14,16). The molecule has 2 unspecified atom stereocenters. The van der Waals surface area contributed by atoms with E-state index in [9.17, 15) is 4.79 Å². The lowest BCUT2D eigenvalue weighted by Crippen LogP contribution is -2.32. The van der Waals surface area contributed by atoms with E-state index in [0.717, 1.165) is 5.56 Å². The lowest BCUT2D eigenvalue weighted by molar-refractivity contribution is -0.121. The van der Waals surface area contributed by atoms with Crippen molar-refractivity contribution in [3.8, 4) is 0 Å². The minimum absolute atomic E-state index is 0.153. The Hall–Kier alpha value is -1.06. The maximum Gasteiger partial charge on any atom is 0.221 e. The Morgan fingerprint density at radius 3 is 2.75 bits per heavy atom. The van der Waals surface area contributed by atoms with Crippen LogP contribution in [0.15, 0.2) is 24.3 Å². The summed E-state index contributed by atoms with van der Waals surface area (Å²) in [5.74, 6) is -0.451. The third-order valence-electron chi connectivity index (χ3n) is 2.56. The zero-order chi connectivity index (χ0) is 12.1. The van der Waals surface area contributed by atoms with Gasteiger partial charge in [-0.15, -0.1) is 0 Å². The van der Waals surface area contributed by atoms with E-state index in [4.69, 9.17) is 17.3 Å². The zero-order valence-corrected chi connectivity index (χ0v) is 10.3. The first-order chi connectivity index (χ1) is 7.50. The number of carbonyl (C=O) groups excluding carboxylic acids is 1. The van der Waals surface area contributed by atoms with Crippen LogP contribution in [0.5, 0.6) is 0 Å². The smallest absolute Gasteiger partial charge is 0.221 e. The predicted octanol–water partition coefficient (Wildman–Crippen LogP) is 2.11. The maximum atomic E-state index is 10.9. The molecule has 1 aromatic carbocycles. The van der Waals surface area contributed by atoms with Gasteiger partial charge in [0.15, 0.2) is 0 Å². The van der Waals surface area contributed by atoms with Crippen LogP contribution in [0, 0.1) is 5.92 Å². The molecule has 1 aromatic rings. The summed E-state index contributed by atoms with van der Waals surface area (Å²) in [4.78, 5) is 10.9. The fraction of sp³-hybridized carbons (Fsp3) is 0.417. The highest BCUT2D eigenvalue weighted by Gasteiger charge is 2.11. The summed E-state index contributed by atoms with van der Waals surface area (Å²) < 4.78 is 0. The largest absolute Gasteiger partial charge is 0.369 e. The molecule has 4 heteroatoms. The van der Waals surface area contributed by atoms with Crippen molar-refractivity contribution < 1.29 is 4.79 Å². The Morgan fingerprint density at radius 2 is 2.19 bits per heavy atom. The van der Waals surface area contributed by atoms with Gasteiger partial charge < -0.3 is 11.1 Å². The van der Waals surface area contributed by atoms with Crippen LogP contribution in [0.1, 0.15) is 25.5 Å². The highest BCUT2D eigenvalue weighted by atomic mass is 35.5. The van der Waals surface area contributed by atoms with Crippen molar-refractivity contribution in [1.29, 1.82) is 0 Å². The molecular weight excluding hydrogens is 224 g/mol. The SMILES string of the molecule is CC(CNC(C)c1cccc(Cl)c1)C(N)=O. The Balaban J connectivity index is 2.52. The number of nitrogens with two attached hydrogens (primary N) is 1. The van der Waals surface area contributed by atoms with Gasteiger partial charge in [-0.25, -0.2) is 0 Å². The summed E-state index contributed by atoms with van der Waals surface area (Å²) in [7, 11) is 0. The molecule has 1 amide bonds. The minimum atomic E-state index is -0.286. The van der Waals surface area contributed by atoms with Crippen LogP contribution in [0.25, 0.3) is 0 Å². The van der Waals surface area contributed by atoms with Gasteiger partial charge in [-0.05, 0) is 24.6 Å². The fourth-order valence-corrected chi connectivity index (χ4v) is 1.55. The predicted molar refractivity (Wildman–Crippen MR) is 66.2 cm³/mol. The van der Waals surface area contributed by atoms with Crippen LogP contribution in [0.4, 0.5) is 0 Å². The molecule has 2 atom stereocenters. The molecule has 0 aromatic heterocycles. The van der Waals surface area contributed by atoms with E-state index in [-0.39, 0.29) is 17.9 Å². The Labute approximate surface area is 101 Å². The number of rotatable bonds is 5. The quantitative estimate of drug-likeness (QED) is 0.828. The second kappa shape index (κ2) is 5.87. The second-order valence-electron chi connectivity index (χ2n) is 3.99. The van der Waals surface area contributed by atoms with Gasteiger partial charge in [0.2, 0.25) is 5.91 Å². The van der Waals surface area contributed by atoms with Crippen LogP contribution >= 0.6 is 11.6 Å². The number of amides is 1. The molecular formula is C12H17ClN2O. The molecule has 88 valence electrons. The fourth-order valence-electron chi connectivity index (χ4n) is 1.35. The number of halogens is 1. The molecule has 16 heavy (non-hydrogen) atoms. The first kappa shape index (κ1) is 13.0. The van der Waals surface area contributed by atoms with Crippen molar-refractivity contribution in [1.82, 2.24) is 5.32 Å². The van der Waals surface area contributed by atoms with E-state index in [1.807, 2.05) is 31.2 Å². The molecule has 3 nitrogen and oxygen atoms in total. The Morgan fingerprint density at radius 1 is 1.50 bits per heavy atom. The van der Waals surface area contributed by atoms with Crippen molar-refractivity contribution in [3.63, 3.8) is 0 Å². The van der Waals surface area contributed by atoms with E-state index >= 15 is 0 Å². The van der Waals surface area contributed by atoms with E-state index in [1.165, 1.54) is 0 Å². The highest BCUT2D eigenvalue weighted by molar-refractivity contribution is 6.30. The summed E-state index contributed by atoms with van der Waals surface area (Å²) in [6.07, 6.45) is 0.